The first-order valence-electron chi connectivity index (χ1n) is 12.4. The van der Waals surface area contributed by atoms with Crippen LogP contribution in [0.15, 0.2) is 67.0 Å². The van der Waals surface area contributed by atoms with Gasteiger partial charge in [0.2, 0.25) is 11.8 Å². The summed E-state index contributed by atoms with van der Waals surface area (Å²) in [6.45, 7) is 4.63. The van der Waals surface area contributed by atoms with E-state index in [0.717, 1.165) is 36.9 Å². The van der Waals surface area contributed by atoms with Gasteiger partial charge < -0.3 is 10.2 Å². The number of carbonyl (C=O) groups excluding carboxylic acids is 2. The Labute approximate surface area is 201 Å². The molecule has 1 N–H and O–H groups in total. The highest BCUT2D eigenvalue weighted by Crippen LogP contribution is 2.33. The van der Waals surface area contributed by atoms with Crippen molar-refractivity contribution >= 4 is 11.8 Å². The molecule has 5 rings (SSSR count). The number of nitrogens with zero attached hydrogens (tertiary/aromatic N) is 3. The van der Waals surface area contributed by atoms with Gasteiger partial charge in [0.25, 0.3) is 0 Å². The average molecular weight is 457 g/mol. The molecule has 34 heavy (non-hydrogen) atoms. The van der Waals surface area contributed by atoms with E-state index in [1.165, 1.54) is 11.1 Å². The molecule has 2 aromatic carbocycles. The van der Waals surface area contributed by atoms with Gasteiger partial charge in [0, 0.05) is 18.9 Å². The summed E-state index contributed by atoms with van der Waals surface area (Å²) in [6, 6.07) is 17.4. The van der Waals surface area contributed by atoms with Gasteiger partial charge in [0.1, 0.15) is 12.1 Å². The number of carbonyl (C=O) groups is 2. The zero-order valence-corrected chi connectivity index (χ0v) is 19.9. The highest BCUT2D eigenvalue weighted by atomic mass is 16.2. The van der Waals surface area contributed by atoms with E-state index >= 15 is 0 Å². The maximum Gasteiger partial charge on any atom is 0.246 e. The highest BCUT2D eigenvalue weighted by Gasteiger charge is 2.46. The first-order valence-corrected chi connectivity index (χ1v) is 12.4. The number of aromatic nitrogens is 2. The minimum absolute atomic E-state index is 0.0117. The molecule has 176 valence electrons. The van der Waals surface area contributed by atoms with E-state index in [1.807, 2.05) is 58.2 Å². The van der Waals surface area contributed by atoms with Crippen LogP contribution in [-0.4, -0.2) is 38.6 Å². The van der Waals surface area contributed by atoms with Crippen LogP contribution in [-0.2, 0) is 29.0 Å². The van der Waals surface area contributed by atoms with Crippen molar-refractivity contribution in [1.82, 2.24) is 20.0 Å². The Kier molecular flexibility index (Phi) is 6.22. The summed E-state index contributed by atoms with van der Waals surface area (Å²) in [7, 11) is 0. The Hall–Kier alpha value is -3.41. The zero-order chi connectivity index (χ0) is 23.7. The molecule has 3 aromatic rings. The third kappa shape index (κ3) is 4.13. The highest BCUT2D eigenvalue weighted by molar-refractivity contribution is 5.97. The van der Waals surface area contributed by atoms with Gasteiger partial charge in [-0.2, -0.15) is 5.10 Å². The van der Waals surface area contributed by atoms with Gasteiger partial charge in [-0.1, -0.05) is 63.1 Å². The number of hydrogen-bond acceptors (Lipinski definition) is 3. The van der Waals surface area contributed by atoms with E-state index < -0.39 is 12.1 Å². The zero-order valence-electron chi connectivity index (χ0n) is 19.9. The third-order valence-corrected chi connectivity index (χ3v) is 7.56. The molecule has 0 radical (unpaired) electrons. The molecule has 2 aliphatic rings. The van der Waals surface area contributed by atoms with Crippen LogP contribution in [0, 0.1) is 11.8 Å². The fraction of sp³-hybridized carbons (Fsp3) is 0.393. The van der Waals surface area contributed by atoms with E-state index in [1.54, 1.807) is 6.20 Å². The normalized spacial score (nSPS) is 20.6. The molecule has 2 heterocycles. The van der Waals surface area contributed by atoms with E-state index in [9.17, 15) is 9.59 Å². The second kappa shape index (κ2) is 9.45. The van der Waals surface area contributed by atoms with Crippen LogP contribution in [0.1, 0.15) is 43.4 Å². The van der Waals surface area contributed by atoms with Gasteiger partial charge in [-0.3, -0.25) is 9.59 Å². The van der Waals surface area contributed by atoms with Gasteiger partial charge in [0.05, 0.1) is 5.69 Å². The van der Waals surface area contributed by atoms with Gasteiger partial charge >= 0.3 is 0 Å². The lowest BCUT2D eigenvalue weighted by Gasteiger charge is -2.43. The molecule has 2 atom stereocenters. The first-order chi connectivity index (χ1) is 16.6. The maximum atomic E-state index is 13.9. The fourth-order valence-corrected chi connectivity index (χ4v) is 5.66. The maximum absolute atomic E-state index is 13.9. The molecule has 0 unspecified atom stereocenters. The van der Waals surface area contributed by atoms with Gasteiger partial charge in [-0.15, -0.1) is 0 Å². The van der Waals surface area contributed by atoms with Crippen molar-refractivity contribution in [2.24, 2.45) is 11.8 Å². The number of fused-ring (bicyclic) bond motifs is 1. The summed E-state index contributed by atoms with van der Waals surface area (Å²) in [5.74, 6) is 0.267. The second-order valence-electron chi connectivity index (χ2n) is 9.53. The van der Waals surface area contributed by atoms with Gasteiger partial charge in [0.15, 0.2) is 0 Å². The minimum atomic E-state index is -0.478. The summed E-state index contributed by atoms with van der Waals surface area (Å²) in [5.41, 5.74) is 4.56. The van der Waals surface area contributed by atoms with Crippen LogP contribution in [0.25, 0.3) is 5.69 Å². The monoisotopic (exact) mass is 456 g/mol. The Morgan fingerprint density at radius 2 is 1.65 bits per heavy atom. The number of benzene rings is 2. The molecular formula is C28H32N4O2. The van der Waals surface area contributed by atoms with E-state index in [0.29, 0.717) is 6.54 Å². The Bertz CT molecular complexity index is 1130. The molecule has 0 bridgehead atoms. The van der Waals surface area contributed by atoms with Crippen LogP contribution in [0.3, 0.4) is 0 Å². The summed E-state index contributed by atoms with van der Waals surface area (Å²) in [6.07, 6.45) is 7.03. The van der Waals surface area contributed by atoms with E-state index in [4.69, 9.17) is 0 Å². The van der Waals surface area contributed by atoms with Crippen LogP contribution in [0.4, 0.5) is 0 Å². The van der Waals surface area contributed by atoms with Crippen LogP contribution >= 0.6 is 0 Å². The molecule has 1 aliphatic heterocycles. The standard InChI is InChI=1S/C28H32N4O2/c1-3-20(4-2)26-27(33)30-25(23-16-21-8-5-6-9-22(21)17-23)28(34)31(26)18-19-10-12-24(13-11-19)32-15-7-14-29-32/h5-15,20,23,25-26H,3-4,16-18H2,1-2H3,(H,30,33)/t25-,26-/m1/s1. The lowest BCUT2D eigenvalue weighted by molar-refractivity contribution is -0.154. The van der Waals surface area contributed by atoms with E-state index in [2.05, 4.69) is 36.4 Å². The molecule has 6 heteroatoms. The smallest absolute Gasteiger partial charge is 0.246 e. The lowest BCUT2D eigenvalue weighted by atomic mass is 9.86. The van der Waals surface area contributed by atoms with Crippen LogP contribution < -0.4 is 5.32 Å². The van der Waals surface area contributed by atoms with Crippen molar-refractivity contribution in [2.45, 2.75) is 58.2 Å². The van der Waals surface area contributed by atoms with Crippen molar-refractivity contribution in [2.75, 3.05) is 0 Å². The molecule has 1 fully saturated rings. The molecule has 0 saturated carbocycles. The number of hydrogen-bond donors (Lipinski definition) is 1. The SMILES string of the molecule is CCC(CC)[C@@H]1C(=O)N[C@H](C2Cc3ccccc3C2)C(=O)N1Cc1ccc(-n2cccn2)cc1. The Balaban J connectivity index is 1.41. The number of amides is 2. The topological polar surface area (TPSA) is 67.2 Å². The largest absolute Gasteiger partial charge is 0.342 e. The minimum Gasteiger partial charge on any atom is -0.342 e. The van der Waals surface area contributed by atoms with Crippen molar-refractivity contribution in [3.05, 3.63) is 83.7 Å². The summed E-state index contributed by atoms with van der Waals surface area (Å²) in [5, 5.41) is 7.43. The number of nitrogens with one attached hydrogen (secondary N) is 1. The van der Waals surface area contributed by atoms with Gasteiger partial charge in [-0.25, -0.2) is 4.68 Å². The first kappa shape index (κ1) is 22.4. The average Bonchev–Trinajstić information content (AvgIpc) is 3.54. The number of piperazine rings is 1. The van der Waals surface area contributed by atoms with Crippen molar-refractivity contribution in [3.63, 3.8) is 0 Å². The molecule has 0 spiro atoms. The lowest BCUT2D eigenvalue weighted by Crippen LogP contribution is -2.66. The van der Waals surface area contributed by atoms with Gasteiger partial charge in [-0.05, 0) is 59.6 Å². The fourth-order valence-electron chi connectivity index (χ4n) is 5.66. The molecule has 1 aliphatic carbocycles. The molecule has 2 amide bonds. The number of rotatable bonds is 7. The van der Waals surface area contributed by atoms with Crippen molar-refractivity contribution in [3.8, 4) is 5.69 Å². The van der Waals surface area contributed by atoms with Crippen molar-refractivity contribution < 1.29 is 9.59 Å². The molecule has 1 aromatic heterocycles. The van der Waals surface area contributed by atoms with Crippen molar-refractivity contribution in [1.29, 1.82) is 0 Å². The predicted octanol–water partition coefficient (Wildman–Crippen LogP) is 3.92. The Morgan fingerprint density at radius 1 is 0.971 bits per heavy atom. The van der Waals surface area contributed by atoms with Crippen LogP contribution in [0.5, 0.6) is 0 Å². The molecular weight excluding hydrogens is 424 g/mol. The summed E-state index contributed by atoms with van der Waals surface area (Å²) < 4.78 is 1.81. The summed E-state index contributed by atoms with van der Waals surface area (Å²) >= 11 is 0. The van der Waals surface area contributed by atoms with Crippen LogP contribution in [0.2, 0.25) is 0 Å². The molecule has 1 saturated heterocycles. The summed E-state index contributed by atoms with van der Waals surface area (Å²) in [4.78, 5) is 29.2. The predicted molar refractivity (Wildman–Crippen MR) is 131 cm³/mol. The van der Waals surface area contributed by atoms with E-state index in [-0.39, 0.29) is 23.7 Å². The Morgan fingerprint density at radius 3 is 2.24 bits per heavy atom. The molecule has 6 nitrogen and oxygen atoms in total. The quantitative estimate of drug-likeness (QED) is 0.586. The third-order valence-electron chi connectivity index (χ3n) is 7.56. The second-order valence-corrected chi connectivity index (χ2v) is 9.53.